The summed E-state index contributed by atoms with van der Waals surface area (Å²) in [6.07, 6.45) is -0.154. The lowest BCUT2D eigenvalue weighted by Gasteiger charge is -2.03. The molecule has 0 spiro atoms. The monoisotopic (exact) mass is 274 g/mol. The number of alkyl halides is 1. The van der Waals surface area contributed by atoms with Gasteiger partial charge >= 0.3 is 10.7 Å². The summed E-state index contributed by atoms with van der Waals surface area (Å²) in [7, 11) is 0. The first-order valence-corrected chi connectivity index (χ1v) is 6.11. The van der Waals surface area contributed by atoms with E-state index in [1.807, 2.05) is 6.92 Å². The van der Waals surface area contributed by atoms with Crippen molar-refractivity contribution in [1.82, 2.24) is 0 Å². The minimum atomic E-state index is -0.807. The predicted octanol–water partition coefficient (Wildman–Crippen LogP) is 3.25. The summed E-state index contributed by atoms with van der Waals surface area (Å²) >= 11 is 11.3. The van der Waals surface area contributed by atoms with Gasteiger partial charge in [-0.1, -0.05) is 0 Å². The lowest BCUT2D eigenvalue weighted by molar-refractivity contribution is 0.142. The Morgan fingerprint density at radius 3 is 2.53 bits per heavy atom. The van der Waals surface area contributed by atoms with Crippen LogP contribution in [-0.2, 0) is 9.47 Å². The van der Waals surface area contributed by atoms with E-state index in [9.17, 15) is 9.59 Å². The largest absolute Gasteiger partial charge is 0.454 e. The van der Waals surface area contributed by atoms with Gasteiger partial charge in [0.25, 0.3) is 0 Å². The minimum absolute atomic E-state index is 0.132. The second kappa shape index (κ2) is 8.07. The van der Waals surface area contributed by atoms with Crippen LogP contribution in [0.15, 0.2) is 0 Å². The van der Waals surface area contributed by atoms with Gasteiger partial charge in [-0.3, -0.25) is 0 Å². The summed E-state index contributed by atoms with van der Waals surface area (Å²) in [6.45, 7) is 3.55. The van der Waals surface area contributed by atoms with Crippen molar-refractivity contribution >= 4 is 45.7 Å². The Kier molecular flexibility index (Phi) is 8.00. The van der Waals surface area contributed by atoms with Crippen LogP contribution >= 0.6 is 35.0 Å². The Morgan fingerprint density at radius 1 is 1.80 bits per heavy atom. The standard InChI is InChI=1S/C4H6Cl2O2.C4H6O2S/c1-3(2-5)8-4(6)7;1-3-2-7-4(5)6-3/h3H,2H2,1H3;3H,2H2,1H3. The highest BCUT2D eigenvalue weighted by Gasteiger charge is 2.18. The van der Waals surface area contributed by atoms with Crippen LogP contribution in [0.1, 0.15) is 13.8 Å². The lowest BCUT2D eigenvalue weighted by atomic mass is 10.5. The van der Waals surface area contributed by atoms with Crippen molar-refractivity contribution in [2.75, 3.05) is 11.6 Å². The van der Waals surface area contributed by atoms with Gasteiger partial charge in [0.2, 0.25) is 0 Å². The van der Waals surface area contributed by atoms with E-state index in [1.54, 1.807) is 6.92 Å². The van der Waals surface area contributed by atoms with E-state index < -0.39 is 5.43 Å². The summed E-state index contributed by atoms with van der Waals surface area (Å²) in [6, 6.07) is 0. The highest BCUT2D eigenvalue weighted by Crippen LogP contribution is 2.18. The van der Waals surface area contributed by atoms with Crippen molar-refractivity contribution in [1.29, 1.82) is 0 Å². The number of carbonyl (C=O) groups is 2. The molecule has 0 N–H and O–H groups in total. The average Bonchev–Trinajstić information content (AvgIpc) is 2.49. The number of ether oxygens (including phenoxy) is 2. The second-order valence-corrected chi connectivity index (χ2v) is 4.38. The molecular weight excluding hydrogens is 263 g/mol. The van der Waals surface area contributed by atoms with Crippen molar-refractivity contribution in [3.05, 3.63) is 0 Å². The number of halogens is 2. The minimum Gasteiger partial charge on any atom is -0.454 e. The van der Waals surface area contributed by atoms with Crippen LogP contribution in [0.5, 0.6) is 0 Å². The number of carbonyl (C=O) groups excluding carboxylic acids is 2. The van der Waals surface area contributed by atoms with Gasteiger partial charge in [-0.05, 0) is 25.6 Å². The molecule has 1 heterocycles. The third-order valence-corrected chi connectivity index (χ3v) is 2.74. The molecule has 1 aliphatic rings. The van der Waals surface area contributed by atoms with Crippen LogP contribution in [0.25, 0.3) is 0 Å². The molecule has 1 saturated heterocycles. The summed E-state index contributed by atoms with van der Waals surface area (Å²) in [5.41, 5.74) is -0.807. The van der Waals surface area contributed by atoms with Crippen LogP contribution in [0.3, 0.4) is 0 Å². The molecule has 2 atom stereocenters. The molecule has 0 aromatic carbocycles. The Labute approximate surface area is 103 Å². The first-order valence-electron chi connectivity index (χ1n) is 4.21. The van der Waals surface area contributed by atoms with E-state index in [1.165, 1.54) is 11.8 Å². The van der Waals surface area contributed by atoms with Gasteiger partial charge in [0, 0.05) is 17.4 Å². The molecule has 1 rings (SSSR count). The topological polar surface area (TPSA) is 52.6 Å². The van der Waals surface area contributed by atoms with E-state index in [4.69, 9.17) is 23.2 Å². The number of cyclic esters (lactones) is 1. The zero-order valence-corrected chi connectivity index (χ0v) is 10.7. The zero-order chi connectivity index (χ0) is 11.8. The van der Waals surface area contributed by atoms with Gasteiger partial charge in [-0.15, -0.1) is 11.6 Å². The maximum Gasteiger partial charge on any atom is 0.404 e. The summed E-state index contributed by atoms with van der Waals surface area (Å²) in [5, 5.41) is -0.132. The third-order valence-electron chi connectivity index (χ3n) is 1.24. The molecule has 0 aromatic heterocycles. The third kappa shape index (κ3) is 8.84. The van der Waals surface area contributed by atoms with Crippen molar-refractivity contribution < 1.29 is 19.1 Å². The summed E-state index contributed by atoms with van der Waals surface area (Å²) in [5.74, 6) is 1.09. The number of thioether (sulfide) groups is 1. The molecule has 0 amide bonds. The maximum atomic E-state index is 10.2. The van der Waals surface area contributed by atoms with Crippen LogP contribution in [0.4, 0.5) is 9.59 Å². The van der Waals surface area contributed by atoms with Crippen molar-refractivity contribution in [3.63, 3.8) is 0 Å². The Hall–Kier alpha value is -0.130. The first kappa shape index (κ1) is 14.9. The van der Waals surface area contributed by atoms with Crippen LogP contribution in [-0.4, -0.2) is 34.6 Å². The molecule has 4 nitrogen and oxygen atoms in total. The molecule has 0 radical (unpaired) electrons. The van der Waals surface area contributed by atoms with Gasteiger partial charge < -0.3 is 9.47 Å². The predicted molar refractivity (Wildman–Crippen MR) is 60.9 cm³/mol. The van der Waals surface area contributed by atoms with Crippen molar-refractivity contribution in [2.45, 2.75) is 26.1 Å². The van der Waals surface area contributed by atoms with Gasteiger partial charge in [0.15, 0.2) is 0 Å². The Morgan fingerprint density at radius 2 is 2.40 bits per heavy atom. The zero-order valence-electron chi connectivity index (χ0n) is 8.37. The van der Waals surface area contributed by atoms with E-state index >= 15 is 0 Å². The number of hydrogen-bond acceptors (Lipinski definition) is 5. The average molecular weight is 275 g/mol. The van der Waals surface area contributed by atoms with Crippen LogP contribution in [0.2, 0.25) is 0 Å². The van der Waals surface area contributed by atoms with Gasteiger partial charge in [0.05, 0.1) is 5.88 Å². The molecule has 2 unspecified atom stereocenters. The van der Waals surface area contributed by atoms with Gasteiger partial charge in [-0.2, -0.15) is 0 Å². The molecule has 1 aliphatic heterocycles. The number of rotatable bonds is 2. The maximum absolute atomic E-state index is 10.2. The summed E-state index contributed by atoms with van der Waals surface area (Å²) < 4.78 is 9.08. The fourth-order valence-electron chi connectivity index (χ4n) is 0.607. The number of hydrogen-bond donors (Lipinski definition) is 0. The van der Waals surface area contributed by atoms with Crippen molar-refractivity contribution in [3.8, 4) is 0 Å². The summed E-state index contributed by atoms with van der Waals surface area (Å²) in [4.78, 5) is 20.1. The highest BCUT2D eigenvalue weighted by atomic mass is 35.5. The molecule has 1 fully saturated rings. The smallest absolute Gasteiger partial charge is 0.404 e. The lowest BCUT2D eigenvalue weighted by Crippen LogP contribution is -2.10. The van der Waals surface area contributed by atoms with E-state index in [0.29, 0.717) is 0 Å². The first-order chi connectivity index (χ1) is 6.95. The van der Waals surface area contributed by atoms with E-state index in [2.05, 4.69) is 9.47 Å². The van der Waals surface area contributed by atoms with Gasteiger partial charge in [0.1, 0.15) is 12.2 Å². The molecule has 0 aliphatic carbocycles. The normalized spacial score (nSPS) is 21.1. The second-order valence-electron chi connectivity index (χ2n) is 2.81. The molecule has 0 bridgehead atoms. The SMILES string of the molecule is CC(CCl)OC(=O)Cl.CC1CSC(=O)O1. The molecule has 0 aromatic rings. The highest BCUT2D eigenvalue weighted by molar-refractivity contribution is 8.13. The fourth-order valence-corrected chi connectivity index (χ4v) is 1.49. The molecule has 0 saturated carbocycles. The van der Waals surface area contributed by atoms with E-state index in [-0.39, 0.29) is 23.4 Å². The van der Waals surface area contributed by atoms with Crippen molar-refractivity contribution in [2.24, 2.45) is 0 Å². The van der Waals surface area contributed by atoms with E-state index in [0.717, 1.165) is 5.75 Å². The molecule has 88 valence electrons. The molecular formula is C8H12Cl2O4S. The molecule has 15 heavy (non-hydrogen) atoms. The van der Waals surface area contributed by atoms with Crippen LogP contribution in [0, 0.1) is 0 Å². The quantitative estimate of drug-likeness (QED) is 0.440. The van der Waals surface area contributed by atoms with Crippen LogP contribution < -0.4 is 0 Å². The Bertz CT molecular complexity index is 225. The fraction of sp³-hybridized carbons (Fsp3) is 0.750. The molecule has 7 heteroatoms. The Balaban J connectivity index is 0.000000262. The van der Waals surface area contributed by atoms with Gasteiger partial charge in [-0.25, -0.2) is 9.59 Å².